The second-order valence-corrected chi connectivity index (χ2v) is 11.3. The van der Waals surface area contributed by atoms with Crippen molar-refractivity contribution in [3.63, 3.8) is 0 Å². The van der Waals surface area contributed by atoms with Gasteiger partial charge in [-0.2, -0.15) is 0 Å². The van der Waals surface area contributed by atoms with Crippen LogP contribution in [0, 0.1) is 17.2 Å². The van der Waals surface area contributed by atoms with Crippen LogP contribution in [0.5, 0.6) is 11.5 Å². The fraction of sp³-hybridized carbons (Fsp3) is 0.406. The maximum absolute atomic E-state index is 15.8. The maximum Gasteiger partial charge on any atom is 0.303 e. The van der Waals surface area contributed by atoms with Gasteiger partial charge in [-0.05, 0) is 82.3 Å². The zero-order chi connectivity index (χ0) is 27.4. The summed E-state index contributed by atoms with van der Waals surface area (Å²) in [6.45, 7) is 5.63. The van der Waals surface area contributed by atoms with Gasteiger partial charge in [0, 0.05) is 5.56 Å². The summed E-state index contributed by atoms with van der Waals surface area (Å²) in [5, 5.41) is 9.39. The molecule has 0 aliphatic heterocycles. The number of aliphatic carboxylic acids is 1. The maximum atomic E-state index is 15.8. The van der Waals surface area contributed by atoms with Crippen molar-refractivity contribution in [3.8, 4) is 22.6 Å². The van der Waals surface area contributed by atoms with Gasteiger partial charge in [0.25, 0.3) is 0 Å². The van der Waals surface area contributed by atoms with Crippen LogP contribution in [0.15, 0.2) is 60.7 Å². The van der Waals surface area contributed by atoms with Crippen LogP contribution in [0.1, 0.15) is 75.2 Å². The Kier molecular flexibility index (Phi) is 8.39. The molecule has 0 radical (unpaired) electrons. The van der Waals surface area contributed by atoms with E-state index in [1.54, 1.807) is 18.2 Å². The average Bonchev–Trinajstić information content (AvgIpc) is 3.70. The van der Waals surface area contributed by atoms with Crippen molar-refractivity contribution < 1.29 is 28.2 Å². The Morgan fingerprint density at radius 3 is 2.45 bits per heavy atom. The van der Waals surface area contributed by atoms with Crippen molar-refractivity contribution in [2.75, 3.05) is 7.11 Å². The smallest absolute Gasteiger partial charge is 0.303 e. The van der Waals surface area contributed by atoms with Crippen molar-refractivity contribution in [1.29, 1.82) is 0 Å². The van der Waals surface area contributed by atoms with Crippen molar-refractivity contribution in [1.82, 2.24) is 0 Å². The van der Waals surface area contributed by atoms with Crippen molar-refractivity contribution in [2.24, 2.45) is 11.3 Å². The van der Waals surface area contributed by atoms with Gasteiger partial charge in [-0.25, -0.2) is 8.78 Å². The second kappa shape index (κ2) is 11.5. The summed E-state index contributed by atoms with van der Waals surface area (Å²) < 4.78 is 41.9. The zero-order valence-corrected chi connectivity index (χ0v) is 22.5. The van der Waals surface area contributed by atoms with Crippen LogP contribution in [0.25, 0.3) is 11.1 Å². The Hall–Kier alpha value is -3.41. The number of carboxylic acids is 1. The SMILES string of the molecule is COc1ccc(F)c(-c2ccc(COc3cccc([C@H](CC(=O)O)CC4CC4)c3)cc2[C@H](F)C(C)(C)C)c1. The van der Waals surface area contributed by atoms with Gasteiger partial charge in [-0.15, -0.1) is 0 Å². The Balaban J connectivity index is 1.60. The topological polar surface area (TPSA) is 55.8 Å². The summed E-state index contributed by atoms with van der Waals surface area (Å²) in [6, 6.07) is 17.3. The molecule has 3 aromatic rings. The molecule has 202 valence electrons. The Labute approximate surface area is 223 Å². The van der Waals surface area contributed by atoms with Gasteiger partial charge in [0.05, 0.1) is 13.5 Å². The number of rotatable bonds is 11. The molecule has 0 spiro atoms. The lowest BCUT2D eigenvalue weighted by Crippen LogP contribution is -2.15. The molecule has 2 atom stereocenters. The fourth-order valence-electron chi connectivity index (χ4n) is 4.79. The van der Waals surface area contributed by atoms with Gasteiger partial charge in [-0.1, -0.05) is 57.9 Å². The molecule has 0 aromatic heterocycles. The first-order chi connectivity index (χ1) is 18.0. The van der Waals surface area contributed by atoms with Crippen LogP contribution in [-0.4, -0.2) is 18.2 Å². The van der Waals surface area contributed by atoms with Crippen LogP contribution >= 0.6 is 0 Å². The third-order valence-electron chi connectivity index (χ3n) is 7.08. The minimum atomic E-state index is -1.34. The van der Waals surface area contributed by atoms with Gasteiger partial charge in [0.2, 0.25) is 0 Å². The standard InChI is InChI=1S/C32H36F2O4/c1-32(2,3)31(34)28-15-21(10-12-26(28)27-18-24(37-4)11-13-29(27)33)19-38-25-7-5-6-22(16-25)23(17-30(35)36)14-20-8-9-20/h5-7,10-13,15-16,18,20,23,31H,8-9,14,17,19H2,1-4H3,(H,35,36)/t23-,31-/m0/s1. The van der Waals surface area contributed by atoms with E-state index in [4.69, 9.17) is 9.47 Å². The molecule has 0 unspecified atom stereocenters. The van der Waals surface area contributed by atoms with E-state index < -0.39 is 23.4 Å². The summed E-state index contributed by atoms with van der Waals surface area (Å²) >= 11 is 0. The van der Waals surface area contributed by atoms with E-state index in [2.05, 4.69) is 0 Å². The van der Waals surface area contributed by atoms with Crippen LogP contribution < -0.4 is 9.47 Å². The van der Waals surface area contributed by atoms with Gasteiger partial charge in [-0.3, -0.25) is 4.79 Å². The second-order valence-electron chi connectivity index (χ2n) is 11.3. The third-order valence-corrected chi connectivity index (χ3v) is 7.08. The Bertz CT molecular complexity index is 1280. The van der Waals surface area contributed by atoms with Crippen molar-refractivity contribution in [2.45, 2.75) is 65.2 Å². The molecule has 3 aromatic carbocycles. The third kappa shape index (κ3) is 6.91. The fourth-order valence-corrected chi connectivity index (χ4v) is 4.79. The number of alkyl halides is 1. The first kappa shape index (κ1) is 27.6. The lowest BCUT2D eigenvalue weighted by Gasteiger charge is -2.27. The first-order valence-electron chi connectivity index (χ1n) is 13.1. The highest BCUT2D eigenvalue weighted by Crippen LogP contribution is 2.43. The van der Waals surface area contributed by atoms with Crippen LogP contribution in [0.2, 0.25) is 0 Å². The number of carboxylic acid groups (broad SMARTS) is 1. The number of methoxy groups -OCH3 is 1. The summed E-state index contributed by atoms with van der Waals surface area (Å²) in [6.07, 6.45) is 1.94. The van der Waals surface area contributed by atoms with Gasteiger partial charge >= 0.3 is 5.97 Å². The summed E-state index contributed by atoms with van der Waals surface area (Å²) in [5.74, 6) is 0.426. The molecule has 0 bridgehead atoms. The van der Waals surface area contributed by atoms with Crippen molar-refractivity contribution >= 4 is 5.97 Å². The largest absolute Gasteiger partial charge is 0.497 e. The van der Waals surface area contributed by atoms with Gasteiger partial charge in [0.15, 0.2) is 0 Å². The minimum Gasteiger partial charge on any atom is -0.497 e. The highest BCUT2D eigenvalue weighted by Gasteiger charge is 2.30. The summed E-state index contributed by atoms with van der Waals surface area (Å²) in [7, 11) is 1.51. The normalized spacial score (nSPS) is 15.1. The first-order valence-corrected chi connectivity index (χ1v) is 13.1. The number of hydrogen-bond donors (Lipinski definition) is 1. The van der Waals surface area contributed by atoms with E-state index in [-0.39, 0.29) is 24.5 Å². The highest BCUT2D eigenvalue weighted by atomic mass is 19.1. The number of benzene rings is 3. The van der Waals surface area contributed by atoms with E-state index in [1.807, 2.05) is 51.1 Å². The molecule has 1 N–H and O–H groups in total. The molecule has 0 heterocycles. The summed E-state index contributed by atoms with van der Waals surface area (Å²) in [5.41, 5.74) is 2.17. The van der Waals surface area contributed by atoms with E-state index in [0.717, 1.165) is 30.4 Å². The monoisotopic (exact) mass is 522 g/mol. The van der Waals surface area contributed by atoms with Crippen LogP contribution in [0.3, 0.4) is 0 Å². The predicted octanol–water partition coefficient (Wildman–Crippen LogP) is 8.50. The van der Waals surface area contributed by atoms with E-state index in [0.29, 0.717) is 28.5 Å². The molecule has 6 heteroatoms. The molecule has 1 aliphatic carbocycles. The number of halogens is 2. The zero-order valence-electron chi connectivity index (χ0n) is 22.5. The van der Waals surface area contributed by atoms with Crippen molar-refractivity contribution in [3.05, 3.63) is 83.2 Å². The van der Waals surface area contributed by atoms with E-state index >= 15 is 4.39 Å². The number of hydrogen-bond acceptors (Lipinski definition) is 3. The Morgan fingerprint density at radius 2 is 1.79 bits per heavy atom. The molecule has 0 saturated heterocycles. The molecule has 0 amide bonds. The van der Waals surface area contributed by atoms with Crippen LogP contribution in [0.4, 0.5) is 8.78 Å². The van der Waals surface area contributed by atoms with Crippen LogP contribution in [-0.2, 0) is 11.4 Å². The molecule has 4 rings (SSSR count). The quantitative estimate of drug-likeness (QED) is 0.274. The molecular weight excluding hydrogens is 486 g/mol. The highest BCUT2D eigenvalue weighted by molar-refractivity contribution is 5.70. The molecule has 1 fully saturated rings. The number of ether oxygens (including phenoxy) is 2. The summed E-state index contributed by atoms with van der Waals surface area (Å²) in [4.78, 5) is 11.4. The lowest BCUT2D eigenvalue weighted by atomic mass is 9.82. The predicted molar refractivity (Wildman–Crippen MR) is 145 cm³/mol. The lowest BCUT2D eigenvalue weighted by molar-refractivity contribution is -0.137. The minimum absolute atomic E-state index is 0.0497. The molecule has 1 aliphatic rings. The van der Waals surface area contributed by atoms with E-state index in [1.165, 1.54) is 19.2 Å². The molecule has 38 heavy (non-hydrogen) atoms. The molecule has 1 saturated carbocycles. The average molecular weight is 523 g/mol. The molecular formula is C32H36F2O4. The van der Waals surface area contributed by atoms with Gasteiger partial charge < -0.3 is 14.6 Å². The van der Waals surface area contributed by atoms with Gasteiger partial charge in [0.1, 0.15) is 30.1 Å². The molecule has 4 nitrogen and oxygen atoms in total. The number of carbonyl (C=O) groups is 1. The van der Waals surface area contributed by atoms with E-state index in [9.17, 15) is 14.3 Å². The Morgan fingerprint density at radius 1 is 1.03 bits per heavy atom.